The highest BCUT2D eigenvalue weighted by atomic mass is 16.5. The fourth-order valence-electron chi connectivity index (χ4n) is 1.51. The molecule has 0 atom stereocenters. The molecule has 0 spiro atoms. The van der Waals surface area contributed by atoms with E-state index in [0.29, 0.717) is 18.0 Å². The van der Waals surface area contributed by atoms with E-state index in [0.717, 1.165) is 12.1 Å². The van der Waals surface area contributed by atoms with Gasteiger partial charge in [0.1, 0.15) is 5.75 Å². The minimum absolute atomic E-state index is 0.0231. The van der Waals surface area contributed by atoms with Gasteiger partial charge in [0, 0.05) is 18.3 Å². The van der Waals surface area contributed by atoms with Crippen LogP contribution in [0.1, 0.15) is 27.2 Å². The first-order chi connectivity index (χ1) is 9.02. The lowest BCUT2D eigenvalue weighted by Gasteiger charge is -2.14. The maximum Gasteiger partial charge on any atom is 0.239 e. The second-order valence-corrected chi connectivity index (χ2v) is 4.62. The van der Waals surface area contributed by atoms with Crippen molar-refractivity contribution in [3.63, 3.8) is 0 Å². The lowest BCUT2D eigenvalue weighted by atomic mass is 10.2. The first-order valence-electron chi connectivity index (χ1n) is 6.59. The number of amides is 1. The molecule has 4 N–H and O–H groups in total. The van der Waals surface area contributed by atoms with E-state index in [1.165, 1.54) is 0 Å². The van der Waals surface area contributed by atoms with E-state index < -0.39 is 0 Å². The maximum atomic E-state index is 11.5. The third-order valence-electron chi connectivity index (χ3n) is 2.40. The van der Waals surface area contributed by atoms with Gasteiger partial charge in [0.2, 0.25) is 5.91 Å². The third-order valence-corrected chi connectivity index (χ3v) is 2.40. The fourth-order valence-corrected chi connectivity index (χ4v) is 1.51. The predicted octanol–water partition coefficient (Wildman–Crippen LogP) is 1.99. The molecule has 0 radical (unpaired) electrons. The summed E-state index contributed by atoms with van der Waals surface area (Å²) in [5, 5.41) is 5.85. The molecule has 0 heterocycles. The summed E-state index contributed by atoms with van der Waals surface area (Å²) < 4.78 is 5.59. The number of carbonyl (C=O) groups is 1. The summed E-state index contributed by atoms with van der Waals surface area (Å²) in [6.45, 7) is 6.84. The van der Waals surface area contributed by atoms with E-state index in [-0.39, 0.29) is 18.6 Å². The molecule has 0 aliphatic rings. The van der Waals surface area contributed by atoms with Gasteiger partial charge in [-0.2, -0.15) is 0 Å². The van der Waals surface area contributed by atoms with Crippen LogP contribution in [0.15, 0.2) is 18.2 Å². The number of carbonyl (C=O) groups excluding carboxylic acids is 1. The molecular formula is C14H23N3O2. The number of nitrogens with two attached hydrogens (primary N) is 1. The van der Waals surface area contributed by atoms with Gasteiger partial charge in [0.05, 0.1) is 18.3 Å². The molecule has 19 heavy (non-hydrogen) atoms. The van der Waals surface area contributed by atoms with E-state index in [1.807, 2.05) is 32.9 Å². The predicted molar refractivity (Wildman–Crippen MR) is 78.4 cm³/mol. The monoisotopic (exact) mass is 265 g/mol. The summed E-state index contributed by atoms with van der Waals surface area (Å²) in [5.74, 6) is 0.610. The summed E-state index contributed by atoms with van der Waals surface area (Å²) in [4.78, 5) is 11.5. The normalized spacial score (nSPS) is 10.3. The molecule has 1 amide bonds. The molecule has 0 aliphatic heterocycles. The molecule has 106 valence electrons. The van der Waals surface area contributed by atoms with Crippen molar-refractivity contribution in [1.29, 1.82) is 0 Å². The van der Waals surface area contributed by atoms with Crippen LogP contribution in [-0.4, -0.2) is 25.1 Å². The molecule has 0 saturated heterocycles. The maximum absolute atomic E-state index is 11.5. The minimum Gasteiger partial charge on any atom is -0.489 e. The van der Waals surface area contributed by atoms with E-state index in [4.69, 9.17) is 10.5 Å². The number of anilines is 2. The number of rotatable bonds is 7. The molecule has 0 saturated carbocycles. The molecule has 5 heteroatoms. The van der Waals surface area contributed by atoms with Crippen LogP contribution in [0.4, 0.5) is 11.4 Å². The summed E-state index contributed by atoms with van der Waals surface area (Å²) in [5.41, 5.74) is 7.24. The van der Waals surface area contributed by atoms with E-state index in [1.54, 1.807) is 6.07 Å². The van der Waals surface area contributed by atoms with Crippen LogP contribution in [0, 0.1) is 0 Å². The van der Waals surface area contributed by atoms with Gasteiger partial charge >= 0.3 is 0 Å². The first kappa shape index (κ1) is 15.1. The molecule has 0 aromatic heterocycles. The van der Waals surface area contributed by atoms with Gasteiger partial charge < -0.3 is 21.1 Å². The number of ether oxygens (including phenoxy) is 1. The van der Waals surface area contributed by atoms with Crippen LogP contribution in [0.5, 0.6) is 5.75 Å². The highest BCUT2D eigenvalue weighted by molar-refractivity contribution is 5.80. The summed E-state index contributed by atoms with van der Waals surface area (Å²) in [7, 11) is 0. The molecular weight excluding hydrogens is 242 g/mol. The molecule has 5 nitrogen and oxygen atoms in total. The Morgan fingerprint density at radius 1 is 1.42 bits per heavy atom. The Labute approximate surface area is 114 Å². The zero-order chi connectivity index (χ0) is 14.3. The lowest BCUT2D eigenvalue weighted by Crippen LogP contribution is -2.30. The van der Waals surface area contributed by atoms with Crippen molar-refractivity contribution in [1.82, 2.24) is 5.32 Å². The van der Waals surface area contributed by atoms with Crippen molar-refractivity contribution in [2.24, 2.45) is 0 Å². The Balaban J connectivity index is 2.56. The number of nitrogen functional groups attached to an aromatic ring is 1. The molecule has 0 aliphatic carbocycles. The molecule has 1 rings (SSSR count). The average Bonchev–Trinajstić information content (AvgIpc) is 2.36. The lowest BCUT2D eigenvalue weighted by molar-refractivity contribution is -0.119. The number of benzene rings is 1. The van der Waals surface area contributed by atoms with Crippen molar-refractivity contribution in [2.75, 3.05) is 24.1 Å². The highest BCUT2D eigenvalue weighted by Crippen LogP contribution is 2.26. The second-order valence-electron chi connectivity index (χ2n) is 4.62. The van der Waals surface area contributed by atoms with Crippen LogP contribution < -0.4 is 21.1 Å². The van der Waals surface area contributed by atoms with Gasteiger partial charge in [0.25, 0.3) is 0 Å². The zero-order valence-electron chi connectivity index (χ0n) is 11.8. The number of hydrogen-bond acceptors (Lipinski definition) is 4. The smallest absolute Gasteiger partial charge is 0.239 e. The van der Waals surface area contributed by atoms with Gasteiger partial charge in [-0.15, -0.1) is 0 Å². The topological polar surface area (TPSA) is 76.4 Å². The molecule has 0 fully saturated rings. The standard InChI is InChI=1S/C14H23N3O2/c1-4-7-16-14(18)9-17-11-5-6-12(15)13(8-11)19-10(2)3/h5-6,8,10,17H,4,7,9,15H2,1-3H3,(H,16,18). The van der Waals surface area contributed by atoms with Crippen LogP contribution in [-0.2, 0) is 4.79 Å². The first-order valence-corrected chi connectivity index (χ1v) is 6.59. The largest absolute Gasteiger partial charge is 0.489 e. The van der Waals surface area contributed by atoms with Crippen LogP contribution in [0.2, 0.25) is 0 Å². The Morgan fingerprint density at radius 3 is 2.79 bits per heavy atom. The summed E-state index contributed by atoms with van der Waals surface area (Å²) >= 11 is 0. The van der Waals surface area contributed by atoms with Gasteiger partial charge in [-0.25, -0.2) is 0 Å². The van der Waals surface area contributed by atoms with Crippen LogP contribution in [0.3, 0.4) is 0 Å². The molecule has 0 unspecified atom stereocenters. The highest BCUT2D eigenvalue weighted by Gasteiger charge is 2.05. The van der Waals surface area contributed by atoms with Gasteiger partial charge in [0.15, 0.2) is 0 Å². The van der Waals surface area contributed by atoms with E-state index in [2.05, 4.69) is 10.6 Å². The van der Waals surface area contributed by atoms with Gasteiger partial charge in [-0.1, -0.05) is 6.92 Å². The second kappa shape index (κ2) is 7.51. The Morgan fingerprint density at radius 2 is 2.16 bits per heavy atom. The van der Waals surface area contributed by atoms with Gasteiger partial charge in [-0.3, -0.25) is 4.79 Å². The zero-order valence-corrected chi connectivity index (χ0v) is 11.8. The van der Waals surface area contributed by atoms with Crippen molar-refractivity contribution >= 4 is 17.3 Å². The van der Waals surface area contributed by atoms with E-state index >= 15 is 0 Å². The van der Waals surface area contributed by atoms with Gasteiger partial charge in [-0.05, 0) is 32.4 Å². The average molecular weight is 265 g/mol. The third kappa shape index (κ3) is 5.50. The van der Waals surface area contributed by atoms with Crippen molar-refractivity contribution in [3.05, 3.63) is 18.2 Å². The number of nitrogens with one attached hydrogen (secondary N) is 2. The SMILES string of the molecule is CCCNC(=O)CNc1ccc(N)c(OC(C)C)c1. The Bertz CT molecular complexity index is 419. The minimum atomic E-state index is -0.0231. The fraction of sp³-hybridized carbons (Fsp3) is 0.500. The van der Waals surface area contributed by atoms with Crippen molar-refractivity contribution in [3.8, 4) is 5.75 Å². The van der Waals surface area contributed by atoms with Crippen molar-refractivity contribution < 1.29 is 9.53 Å². The van der Waals surface area contributed by atoms with Crippen LogP contribution >= 0.6 is 0 Å². The molecule has 1 aromatic rings. The Hall–Kier alpha value is -1.91. The summed E-state index contributed by atoms with van der Waals surface area (Å²) in [6, 6.07) is 5.40. The summed E-state index contributed by atoms with van der Waals surface area (Å²) in [6.07, 6.45) is 0.991. The molecule has 1 aromatic carbocycles. The number of hydrogen-bond donors (Lipinski definition) is 3. The van der Waals surface area contributed by atoms with Crippen LogP contribution in [0.25, 0.3) is 0 Å². The van der Waals surface area contributed by atoms with Crippen molar-refractivity contribution in [2.45, 2.75) is 33.3 Å². The van der Waals surface area contributed by atoms with E-state index in [9.17, 15) is 4.79 Å². The quantitative estimate of drug-likeness (QED) is 0.659. The molecule has 0 bridgehead atoms. The Kier molecular flexibility index (Phi) is 5.99.